The Morgan fingerprint density at radius 3 is 2.62 bits per heavy atom. The first-order chi connectivity index (χ1) is 9.93. The summed E-state index contributed by atoms with van der Waals surface area (Å²) < 4.78 is 10.8. The van der Waals surface area contributed by atoms with Gasteiger partial charge in [-0.15, -0.1) is 0 Å². The Morgan fingerprint density at radius 1 is 1.24 bits per heavy atom. The Labute approximate surface area is 128 Å². The van der Waals surface area contributed by atoms with Crippen LogP contribution in [0, 0.1) is 5.92 Å². The fraction of sp³-hybridized carbons (Fsp3) is 0.647. The molecule has 0 spiro atoms. The zero-order valence-electron chi connectivity index (χ0n) is 13.9. The Hall–Kier alpha value is -1.42. The van der Waals surface area contributed by atoms with Gasteiger partial charge in [-0.05, 0) is 45.2 Å². The molecule has 0 amide bonds. The molecule has 1 aliphatic rings. The first kappa shape index (κ1) is 16.0. The molecule has 4 heteroatoms. The van der Waals surface area contributed by atoms with E-state index in [0.29, 0.717) is 5.92 Å². The molecular weight excluding hydrogens is 264 g/mol. The summed E-state index contributed by atoms with van der Waals surface area (Å²) >= 11 is 0. The van der Waals surface area contributed by atoms with E-state index in [1.807, 2.05) is 12.1 Å². The summed E-state index contributed by atoms with van der Waals surface area (Å²) in [5.74, 6) is 2.47. The molecule has 0 aromatic heterocycles. The van der Waals surface area contributed by atoms with Gasteiger partial charge in [-0.2, -0.15) is 0 Å². The van der Waals surface area contributed by atoms with Gasteiger partial charge in [-0.3, -0.25) is 0 Å². The van der Waals surface area contributed by atoms with Gasteiger partial charge in [0.25, 0.3) is 0 Å². The second kappa shape index (κ2) is 6.56. The van der Waals surface area contributed by atoms with Crippen molar-refractivity contribution in [2.75, 3.05) is 38.8 Å². The number of hydrogen-bond acceptors (Lipinski definition) is 4. The van der Waals surface area contributed by atoms with E-state index in [1.54, 1.807) is 14.2 Å². The first-order valence-corrected chi connectivity index (χ1v) is 7.65. The largest absolute Gasteiger partial charge is 0.497 e. The van der Waals surface area contributed by atoms with Crippen LogP contribution in [0.2, 0.25) is 0 Å². The predicted octanol–water partition coefficient (Wildman–Crippen LogP) is 2.92. The number of nitrogens with one attached hydrogen (secondary N) is 1. The molecule has 1 aromatic carbocycles. The monoisotopic (exact) mass is 292 g/mol. The van der Waals surface area contributed by atoms with Gasteiger partial charge < -0.3 is 19.7 Å². The number of rotatable bonds is 5. The maximum Gasteiger partial charge on any atom is 0.142 e. The zero-order chi connectivity index (χ0) is 15.5. The van der Waals surface area contributed by atoms with E-state index in [0.717, 1.165) is 36.8 Å². The molecule has 0 saturated carbocycles. The molecule has 2 rings (SSSR count). The molecule has 0 bridgehead atoms. The van der Waals surface area contributed by atoms with Crippen LogP contribution in [0.3, 0.4) is 0 Å². The second-order valence-electron chi connectivity index (χ2n) is 6.77. The molecular formula is C17H28N2O2. The van der Waals surface area contributed by atoms with Gasteiger partial charge in [0, 0.05) is 31.2 Å². The Morgan fingerprint density at radius 2 is 2.00 bits per heavy atom. The lowest BCUT2D eigenvalue weighted by molar-refractivity contribution is 0.383. The lowest BCUT2D eigenvalue weighted by atomic mass is 10.1. The summed E-state index contributed by atoms with van der Waals surface area (Å²) in [5, 5.41) is 3.60. The van der Waals surface area contributed by atoms with Crippen LogP contribution in [0.1, 0.15) is 27.2 Å². The molecule has 118 valence electrons. The van der Waals surface area contributed by atoms with E-state index in [1.165, 1.54) is 6.42 Å². The molecule has 1 aliphatic heterocycles. The first-order valence-electron chi connectivity index (χ1n) is 7.65. The molecule has 1 saturated heterocycles. The smallest absolute Gasteiger partial charge is 0.142 e. The van der Waals surface area contributed by atoms with Crippen LogP contribution in [0.5, 0.6) is 11.5 Å². The lowest BCUT2D eigenvalue weighted by Crippen LogP contribution is -2.39. The number of nitrogens with zero attached hydrogens (tertiary/aromatic N) is 1. The van der Waals surface area contributed by atoms with Crippen molar-refractivity contribution >= 4 is 5.69 Å². The minimum atomic E-state index is 0.182. The number of anilines is 1. The molecule has 0 radical (unpaired) electrons. The summed E-state index contributed by atoms with van der Waals surface area (Å²) in [6.45, 7) is 9.83. The highest BCUT2D eigenvalue weighted by atomic mass is 16.5. The van der Waals surface area contributed by atoms with Crippen molar-refractivity contribution < 1.29 is 9.47 Å². The quantitative estimate of drug-likeness (QED) is 0.905. The lowest BCUT2D eigenvalue weighted by Gasteiger charge is -2.24. The zero-order valence-corrected chi connectivity index (χ0v) is 13.9. The highest BCUT2D eigenvalue weighted by Gasteiger charge is 2.26. The van der Waals surface area contributed by atoms with E-state index in [-0.39, 0.29) is 5.54 Å². The average Bonchev–Trinajstić information content (AvgIpc) is 2.92. The van der Waals surface area contributed by atoms with Crippen molar-refractivity contribution in [3.8, 4) is 11.5 Å². The third kappa shape index (κ3) is 4.27. The van der Waals surface area contributed by atoms with Gasteiger partial charge in [0.1, 0.15) is 11.5 Å². The van der Waals surface area contributed by atoms with Gasteiger partial charge in [-0.25, -0.2) is 0 Å². The second-order valence-corrected chi connectivity index (χ2v) is 6.77. The highest BCUT2D eigenvalue weighted by Crippen LogP contribution is 2.35. The minimum Gasteiger partial charge on any atom is -0.497 e. The van der Waals surface area contributed by atoms with Crippen molar-refractivity contribution in [3.63, 3.8) is 0 Å². The van der Waals surface area contributed by atoms with Crippen LogP contribution >= 0.6 is 0 Å². The molecule has 1 fully saturated rings. The topological polar surface area (TPSA) is 33.7 Å². The third-order valence-corrected chi connectivity index (χ3v) is 3.93. The van der Waals surface area contributed by atoms with E-state index < -0.39 is 0 Å². The molecule has 4 nitrogen and oxygen atoms in total. The molecule has 1 aromatic rings. The number of hydrogen-bond donors (Lipinski definition) is 1. The van der Waals surface area contributed by atoms with Gasteiger partial charge in [0.05, 0.1) is 19.9 Å². The van der Waals surface area contributed by atoms with Crippen molar-refractivity contribution in [1.29, 1.82) is 0 Å². The normalized spacial score (nSPS) is 18.9. The van der Waals surface area contributed by atoms with E-state index >= 15 is 0 Å². The molecule has 1 heterocycles. The van der Waals surface area contributed by atoms with Crippen LogP contribution in [0.15, 0.2) is 18.2 Å². The molecule has 0 aliphatic carbocycles. The summed E-state index contributed by atoms with van der Waals surface area (Å²) in [6, 6.07) is 5.99. The SMILES string of the molecule is COc1ccc(OC)c(N2CCC(CNC(C)(C)C)C2)c1. The summed E-state index contributed by atoms with van der Waals surface area (Å²) in [5.41, 5.74) is 1.32. The molecule has 21 heavy (non-hydrogen) atoms. The average molecular weight is 292 g/mol. The van der Waals surface area contributed by atoms with Crippen LogP contribution in [0.25, 0.3) is 0 Å². The fourth-order valence-electron chi connectivity index (χ4n) is 2.71. The Balaban J connectivity index is 2.03. The molecule has 1 unspecified atom stereocenters. The Kier molecular flexibility index (Phi) is 4.99. The van der Waals surface area contributed by atoms with Crippen LogP contribution < -0.4 is 19.7 Å². The maximum absolute atomic E-state index is 5.49. The van der Waals surface area contributed by atoms with Crippen molar-refractivity contribution in [1.82, 2.24) is 5.32 Å². The number of methoxy groups -OCH3 is 2. The Bertz CT molecular complexity index is 468. The summed E-state index contributed by atoms with van der Waals surface area (Å²) in [4.78, 5) is 2.40. The van der Waals surface area contributed by atoms with Crippen LogP contribution in [0.4, 0.5) is 5.69 Å². The third-order valence-electron chi connectivity index (χ3n) is 3.93. The van der Waals surface area contributed by atoms with Gasteiger partial charge in [-0.1, -0.05) is 0 Å². The van der Waals surface area contributed by atoms with E-state index in [2.05, 4.69) is 37.1 Å². The van der Waals surface area contributed by atoms with E-state index in [4.69, 9.17) is 9.47 Å². The highest BCUT2D eigenvalue weighted by molar-refractivity contribution is 5.62. The number of benzene rings is 1. The van der Waals surface area contributed by atoms with Crippen molar-refractivity contribution in [3.05, 3.63) is 18.2 Å². The van der Waals surface area contributed by atoms with Gasteiger partial charge >= 0.3 is 0 Å². The maximum atomic E-state index is 5.49. The predicted molar refractivity (Wildman–Crippen MR) is 87.6 cm³/mol. The van der Waals surface area contributed by atoms with Gasteiger partial charge in [0.2, 0.25) is 0 Å². The molecule has 1 atom stereocenters. The molecule has 1 N–H and O–H groups in total. The van der Waals surface area contributed by atoms with Crippen LogP contribution in [-0.2, 0) is 0 Å². The van der Waals surface area contributed by atoms with Crippen molar-refractivity contribution in [2.24, 2.45) is 5.92 Å². The fourth-order valence-corrected chi connectivity index (χ4v) is 2.71. The van der Waals surface area contributed by atoms with E-state index in [9.17, 15) is 0 Å². The number of ether oxygens (including phenoxy) is 2. The minimum absolute atomic E-state index is 0.182. The van der Waals surface area contributed by atoms with Crippen molar-refractivity contribution in [2.45, 2.75) is 32.7 Å². The van der Waals surface area contributed by atoms with Crippen LogP contribution in [-0.4, -0.2) is 39.4 Å². The summed E-state index contributed by atoms with van der Waals surface area (Å²) in [7, 11) is 3.42. The standard InChI is InChI=1S/C17H28N2O2/c1-17(2,3)18-11-13-8-9-19(12-13)15-10-14(20-4)6-7-16(15)21-5/h6-7,10,13,18H,8-9,11-12H2,1-5H3. The summed E-state index contributed by atoms with van der Waals surface area (Å²) in [6.07, 6.45) is 1.21. The van der Waals surface area contributed by atoms with Gasteiger partial charge in [0.15, 0.2) is 0 Å².